The summed E-state index contributed by atoms with van der Waals surface area (Å²) in [4.78, 5) is 25.2. The van der Waals surface area contributed by atoms with Crippen LogP contribution in [-0.2, 0) is 23.7 Å². The van der Waals surface area contributed by atoms with E-state index in [4.69, 9.17) is 43.0 Å². The standard InChI is InChI=1S/C28H38O11/c1-32-24-6-3-22(4-7-24)27(30)28(31)23-5-8-25(26(21-23)33-2)39-20-19-38-18-17-37-16-15-36-14-13-35-12-11-34-10-9-29/h3-8,21,29H,9-20H2,1-2H3. The maximum atomic E-state index is 12.7. The number of Topliss-reactive ketones (excluding diaryl/α,β-unsaturated/α-hetero) is 2. The molecule has 0 fully saturated rings. The molecular formula is C28H38O11. The van der Waals surface area contributed by atoms with Gasteiger partial charge < -0.3 is 43.0 Å². The third kappa shape index (κ3) is 12.6. The van der Waals surface area contributed by atoms with Gasteiger partial charge in [0.05, 0.1) is 86.9 Å². The topological polar surface area (TPSA) is 128 Å². The van der Waals surface area contributed by atoms with Crippen molar-refractivity contribution in [3.8, 4) is 17.2 Å². The lowest BCUT2D eigenvalue weighted by molar-refractivity contribution is -0.0147. The minimum Gasteiger partial charge on any atom is -0.497 e. The number of aliphatic hydroxyl groups is 1. The van der Waals surface area contributed by atoms with Gasteiger partial charge in [0.25, 0.3) is 0 Å². The number of methoxy groups -OCH3 is 2. The molecule has 0 atom stereocenters. The minimum absolute atomic E-state index is 0.00805. The molecule has 0 aliphatic heterocycles. The molecule has 0 bridgehead atoms. The number of hydrogen-bond acceptors (Lipinski definition) is 11. The number of carbonyl (C=O) groups is 2. The van der Waals surface area contributed by atoms with Gasteiger partial charge in [-0.3, -0.25) is 9.59 Å². The molecule has 0 saturated carbocycles. The first kappa shape index (κ1) is 32.2. The van der Waals surface area contributed by atoms with Gasteiger partial charge in [-0.25, -0.2) is 0 Å². The summed E-state index contributed by atoms with van der Waals surface area (Å²) in [6.45, 7) is 4.50. The van der Waals surface area contributed by atoms with Crippen LogP contribution in [0.4, 0.5) is 0 Å². The van der Waals surface area contributed by atoms with E-state index >= 15 is 0 Å². The van der Waals surface area contributed by atoms with Crippen LogP contribution in [0.3, 0.4) is 0 Å². The molecule has 0 saturated heterocycles. The molecule has 216 valence electrons. The van der Waals surface area contributed by atoms with Crippen molar-refractivity contribution in [1.29, 1.82) is 0 Å². The average Bonchev–Trinajstić information content (AvgIpc) is 2.98. The van der Waals surface area contributed by atoms with Crippen LogP contribution in [-0.4, -0.2) is 110 Å². The van der Waals surface area contributed by atoms with Crippen LogP contribution >= 0.6 is 0 Å². The van der Waals surface area contributed by atoms with E-state index in [0.717, 1.165) is 0 Å². The van der Waals surface area contributed by atoms with Crippen molar-refractivity contribution in [1.82, 2.24) is 0 Å². The maximum Gasteiger partial charge on any atom is 0.233 e. The Labute approximate surface area is 228 Å². The van der Waals surface area contributed by atoms with E-state index in [1.165, 1.54) is 26.4 Å². The predicted octanol–water partition coefficient (Wildman–Crippen LogP) is 2.22. The Hall–Kier alpha value is -3.06. The third-order valence-electron chi connectivity index (χ3n) is 5.19. The first-order valence-electron chi connectivity index (χ1n) is 12.6. The number of aliphatic hydroxyl groups excluding tert-OH is 1. The molecule has 0 aliphatic rings. The molecule has 2 rings (SSSR count). The Kier molecular flexibility index (Phi) is 16.4. The fourth-order valence-electron chi connectivity index (χ4n) is 3.19. The zero-order valence-electron chi connectivity index (χ0n) is 22.6. The molecule has 0 spiro atoms. The second-order valence-electron chi connectivity index (χ2n) is 7.89. The summed E-state index contributed by atoms with van der Waals surface area (Å²) in [7, 11) is 2.99. The first-order valence-corrected chi connectivity index (χ1v) is 12.6. The van der Waals surface area contributed by atoms with Crippen LogP contribution in [0, 0.1) is 0 Å². The Morgan fingerprint density at radius 1 is 0.564 bits per heavy atom. The van der Waals surface area contributed by atoms with Gasteiger partial charge in [-0.05, 0) is 42.5 Å². The first-order chi connectivity index (χ1) is 19.1. The van der Waals surface area contributed by atoms with Gasteiger partial charge in [-0.15, -0.1) is 0 Å². The zero-order valence-corrected chi connectivity index (χ0v) is 22.6. The largest absolute Gasteiger partial charge is 0.497 e. The lowest BCUT2D eigenvalue weighted by Crippen LogP contribution is -2.15. The van der Waals surface area contributed by atoms with E-state index in [1.807, 2.05) is 0 Å². The Balaban J connectivity index is 1.57. The summed E-state index contributed by atoms with van der Waals surface area (Å²) in [6.07, 6.45) is 0. The molecule has 0 amide bonds. The average molecular weight is 551 g/mol. The van der Waals surface area contributed by atoms with Crippen LogP contribution < -0.4 is 14.2 Å². The highest BCUT2D eigenvalue weighted by Gasteiger charge is 2.20. The number of ether oxygens (including phenoxy) is 8. The van der Waals surface area contributed by atoms with E-state index in [9.17, 15) is 9.59 Å². The Morgan fingerprint density at radius 2 is 1.03 bits per heavy atom. The second-order valence-corrected chi connectivity index (χ2v) is 7.89. The van der Waals surface area contributed by atoms with Gasteiger partial charge in [-0.1, -0.05) is 0 Å². The van der Waals surface area contributed by atoms with Crippen LogP contribution in [0.2, 0.25) is 0 Å². The van der Waals surface area contributed by atoms with Crippen LogP contribution in [0.25, 0.3) is 0 Å². The monoisotopic (exact) mass is 550 g/mol. The normalized spacial score (nSPS) is 10.8. The molecule has 11 nitrogen and oxygen atoms in total. The molecule has 11 heteroatoms. The third-order valence-corrected chi connectivity index (χ3v) is 5.19. The highest BCUT2D eigenvalue weighted by molar-refractivity contribution is 6.49. The molecule has 0 heterocycles. The number of ketones is 2. The molecule has 0 aromatic heterocycles. The smallest absolute Gasteiger partial charge is 0.233 e. The van der Waals surface area contributed by atoms with Crippen molar-refractivity contribution in [3.63, 3.8) is 0 Å². The van der Waals surface area contributed by atoms with Crippen molar-refractivity contribution in [2.24, 2.45) is 0 Å². The molecule has 1 N–H and O–H groups in total. The maximum absolute atomic E-state index is 12.7. The molecule has 39 heavy (non-hydrogen) atoms. The van der Waals surface area contributed by atoms with Gasteiger partial charge in [0.15, 0.2) is 11.5 Å². The molecule has 2 aromatic carbocycles. The van der Waals surface area contributed by atoms with Crippen molar-refractivity contribution < 1.29 is 52.6 Å². The number of carbonyl (C=O) groups excluding carboxylic acids is 2. The van der Waals surface area contributed by atoms with E-state index in [1.54, 1.807) is 30.3 Å². The van der Waals surface area contributed by atoms with Crippen molar-refractivity contribution >= 4 is 11.6 Å². The van der Waals surface area contributed by atoms with Crippen LogP contribution in [0.1, 0.15) is 20.7 Å². The highest BCUT2D eigenvalue weighted by atomic mass is 16.6. The highest BCUT2D eigenvalue weighted by Crippen LogP contribution is 2.28. The molecule has 0 radical (unpaired) electrons. The lowest BCUT2D eigenvalue weighted by atomic mass is 10.0. The Morgan fingerprint density at radius 3 is 1.51 bits per heavy atom. The molecule has 0 unspecified atom stereocenters. The number of benzene rings is 2. The SMILES string of the molecule is COc1ccc(C(=O)C(=O)c2ccc(OCCOCCOCCOCCOCCOCCO)c(OC)c2)cc1. The van der Waals surface area contributed by atoms with Crippen LogP contribution in [0.5, 0.6) is 17.2 Å². The number of rotatable bonds is 23. The quantitative estimate of drug-likeness (QED) is 0.124. The second kappa shape index (κ2) is 19.9. The lowest BCUT2D eigenvalue weighted by Gasteiger charge is -2.12. The summed E-state index contributed by atoms with van der Waals surface area (Å²) in [5.41, 5.74) is 0.477. The van der Waals surface area contributed by atoms with Crippen molar-refractivity contribution in [2.45, 2.75) is 0 Å². The minimum atomic E-state index is -0.646. The van der Waals surface area contributed by atoms with Crippen molar-refractivity contribution in [3.05, 3.63) is 53.6 Å². The van der Waals surface area contributed by atoms with Crippen LogP contribution in [0.15, 0.2) is 42.5 Å². The van der Waals surface area contributed by atoms with E-state index < -0.39 is 11.6 Å². The summed E-state index contributed by atoms with van der Waals surface area (Å²) in [5, 5.41) is 8.58. The molecular weight excluding hydrogens is 512 g/mol. The molecule has 2 aromatic rings. The van der Waals surface area contributed by atoms with Gasteiger partial charge >= 0.3 is 0 Å². The summed E-state index contributed by atoms with van der Waals surface area (Å²) in [5.74, 6) is 0.103. The summed E-state index contributed by atoms with van der Waals surface area (Å²) in [6, 6.07) is 10.9. The van der Waals surface area contributed by atoms with Gasteiger partial charge in [0.2, 0.25) is 11.6 Å². The van der Waals surface area contributed by atoms with Gasteiger partial charge in [0, 0.05) is 11.1 Å². The fourth-order valence-corrected chi connectivity index (χ4v) is 3.19. The predicted molar refractivity (Wildman–Crippen MR) is 141 cm³/mol. The fraction of sp³-hybridized carbons (Fsp3) is 0.500. The van der Waals surface area contributed by atoms with E-state index in [-0.39, 0.29) is 24.3 Å². The van der Waals surface area contributed by atoms with Gasteiger partial charge in [-0.2, -0.15) is 0 Å². The van der Waals surface area contributed by atoms with Crippen molar-refractivity contribution in [2.75, 3.05) is 93.5 Å². The molecule has 0 aliphatic carbocycles. The van der Waals surface area contributed by atoms with E-state index in [2.05, 4.69) is 0 Å². The van der Waals surface area contributed by atoms with Gasteiger partial charge in [0.1, 0.15) is 12.4 Å². The number of hydrogen-bond donors (Lipinski definition) is 1. The Bertz CT molecular complexity index is 962. The summed E-state index contributed by atoms with van der Waals surface area (Å²) < 4.78 is 42.8. The summed E-state index contributed by atoms with van der Waals surface area (Å²) >= 11 is 0. The zero-order chi connectivity index (χ0) is 28.1. The van der Waals surface area contributed by atoms with E-state index in [0.29, 0.717) is 83.3 Å².